The molecular weight excluding hydrogens is 468 g/mol. The Hall–Kier alpha value is -3.85. The van der Waals surface area contributed by atoms with Gasteiger partial charge in [0.25, 0.3) is 10.0 Å². The fourth-order valence-corrected chi connectivity index (χ4v) is 4.74. The van der Waals surface area contributed by atoms with Gasteiger partial charge >= 0.3 is 5.97 Å². The van der Waals surface area contributed by atoms with Crippen LogP contribution in [0.15, 0.2) is 71.6 Å². The van der Waals surface area contributed by atoms with Crippen molar-refractivity contribution < 1.29 is 27.5 Å². The topological polar surface area (TPSA) is 102 Å². The van der Waals surface area contributed by atoms with Gasteiger partial charge in [0.1, 0.15) is 12.3 Å². The number of sulfonamides is 1. The highest BCUT2D eigenvalue weighted by atomic mass is 32.2. The quantitative estimate of drug-likeness (QED) is 0.443. The lowest BCUT2D eigenvalue weighted by molar-refractivity contribution is -0.114. The molecule has 0 atom stereocenters. The van der Waals surface area contributed by atoms with Gasteiger partial charge in [0.15, 0.2) is 0 Å². The van der Waals surface area contributed by atoms with Gasteiger partial charge in [-0.3, -0.25) is 9.10 Å². The van der Waals surface area contributed by atoms with Crippen LogP contribution in [0.3, 0.4) is 0 Å². The van der Waals surface area contributed by atoms with Crippen LogP contribution in [0.1, 0.15) is 28.4 Å². The van der Waals surface area contributed by atoms with E-state index in [2.05, 4.69) is 5.32 Å². The molecule has 0 radical (unpaired) electrons. The number of aryl methyl sites for hydroxylation is 2. The minimum atomic E-state index is -4.08. The van der Waals surface area contributed by atoms with Crippen molar-refractivity contribution in [3.05, 3.63) is 83.4 Å². The van der Waals surface area contributed by atoms with Crippen LogP contribution >= 0.6 is 0 Å². The van der Waals surface area contributed by atoms with Gasteiger partial charge in [0.05, 0.1) is 29.9 Å². The molecule has 0 unspecified atom stereocenters. The van der Waals surface area contributed by atoms with Gasteiger partial charge in [-0.2, -0.15) is 0 Å². The van der Waals surface area contributed by atoms with E-state index in [1.165, 1.54) is 25.3 Å². The third-order valence-electron chi connectivity index (χ3n) is 5.28. The first kappa shape index (κ1) is 25.8. The molecule has 0 aromatic heterocycles. The van der Waals surface area contributed by atoms with Crippen LogP contribution < -0.4 is 14.4 Å². The highest BCUT2D eigenvalue weighted by Crippen LogP contribution is 2.26. The van der Waals surface area contributed by atoms with Crippen molar-refractivity contribution in [3.8, 4) is 5.75 Å². The van der Waals surface area contributed by atoms with Crippen LogP contribution in [-0.4, -0.2) is 40.6 Å². The Morgan fingerprint density at radius 1 is 0.943 bits per heavy atom. The van der Waals surface area contributed by atoms with Gasteiger partial charge in [-0.15, -0.1) is 0 Å². The number of nitrogens with one attached hydrogen (secondary N) is 1. The molecule has 1 N–H and O–H groups in total. The third kappa shape index (κ3) is 6.19. The van der Waals surface area contributed by atoms with E-state index in [0.29, 0.717) is 22.7 Å². The van der Waals surface area contributed by atoms with Crippen molar-refractivity contribution >= 4 is 33.3 Å². The van der Waals surface area contributed by atoms with Gasteiger partial charge in [-0.1, -0.05) is 23.8 Å². The smallest absolute Gasteiger partial charge is 0.338 e. The van der Waals surface area contributed by atoms with E-state index in [4.69, 9.17) is 9.47 Å². The molecule has 0 aliphatic rings. The molecule has 8 nitrogen and oxygen atoms in total. The minimum Gasteiger partial charge on any atom is -0.497 e. The molecular formula is C26H28N2O6S. The number of hydrogen-bond donors (Lipinski definition) is 1. The Morgan fingerprint density at radius 2 is 1.60 bits per heavy atom. The lowest BCUT2D eigenvalue weighted by Crippen LogP contribution is -2.38. The Bertz CT molecular complexity index is 1300. The summed E-state index contributed by atoms with van der Waals surface area (Å²) in [5.74, 6) is -0.557. The SMILES string of the molecule is CCOC(=O)c1ccc(C)c(NC(=O)CN(c2ccc(C)cc2)S(=O)(=O)c2ccc(OC)cc2)c1. The minimum absolute atomic E-state index is 0.0205. The fraction of sp³-hybridized carbons (Fsp3) is 0.231. The zero-order chi connectivity index (χ0) is 25.6. The molecule has 3 rings (SSSR count). The second-order valence-corrected chi connectivity index (χ2v) is 9.68. The summed E-state index contributed by atoms with van der Waals surface area (Å²) >= 11 is 0. The van der Waals surface area contributed by atoms with E-state index in [1.807, 2.05) is 6.92 Å². The maximum absolute atomic E-state index is 13.5. The number of nitrogens with zero attached hydrogens (tertiary/aromatic N) is 1. The highest BCUT2D eigenvalue weighted by molar-refractivity contribution is 7.92. The lowest BCUT2D eigenvalue weighted by Gasteiger charge is -2.24. The van der Waals surface area contributed by atoms with Crippen LogP contribution in [0.4, 0.5) is 11.4 Å². The Morgan fingerprint density at radius 3 is 2.20 bits per heavy atom. The molecule has 0 aliphatic carbocycles. The summed E-state index contributed by atoms with van der Waals surface area (Å²) < 4.78 is 38.3. The average molecular weight is 497 g/mol. The number of anilines is 2. The maximum Gasteiger partial charge on any atom is 0.338 e. The van der Waals surface area contributed by atoms with E-state index < -0.39 is 28.4 Å². The number of esters is 1. The monoisotopic (exact) mass is 496 g/mol. The zero-order valence-electron chi connectivity index (χ0n) is 20.1. The standard InChI is InChI=1S/C26H28N2O6S/c1-5-34-26(30)20-9-8-19(3)24(16-20)27-25(29)17-28(21-10-6-18(2)7-11-21)35(31,32)23-14-12-22(33-4)13-15-23/h6-16H,5,17H2,1-4H3,(H,27,29). The predicted molar refractivity (Wildman–Crippen MR) is 134 cm³/mol. The first-order chi connectivity index (χ1) is 16.6. The Labute approximate surface area is 205 Å². The van der Waals surface area contributed by atoms with Gasteiger partial charge in [-0.25, -0.2) is 13.2 Å². The summed E-state index contributed by atoms with van der Waals surface area (Å²) in [6.45, 7) is 5.12. The van der Waals surface area contributed by atoms with Crippen molar-refractivity contribution in [1.82, 2.24) is 0 Å². The van der Waals surface area contributed by atoms with E-state index in [0.717, 1.165) is 9.87 Å². The molecule has 0 saturated heterocycles. The predicted octanol–water partition coefficient (Wildman–Crippen LogP) is 4.32. The van der Waals surface area contributed by atoms with E-state index in [9.17, 15) is 18.0 Å². The van der Waals surface area contributed by atoms with Crippen LogP contribution in [-0.2, 0) is 19.6 Å². The fourth-order valence-electron chi connectivity index (χ4n) is 3.32. The lowest BCUT2D eigenvalue weighted by atomic mass is 10.1. The second kappa shape index (κ2) is 11.1. The molecule has 35 heavy (non-hydrogen) atoms. The van der Waals surface area contributed by atoms with E-state index in [-0.39, 0.29) is 17.1 Å². The summed E-state index contributed by atoms with van der Waals surface area (Å²) in [5, 5.41) is 2.73. The number of carbonyl (C=O) groups excluding carboxylic acids is 2. The summed E-state index contributed by atoms with van der Waals surface area (Å²) in [7, 11) is -2.58. The van der Waals surface area contributed by atoms with Gasteiger partial charge in [0.2, 0.25) is 5.91 Å². The van der Waals surface area contributed by atoms with Crippen LogP contribution in [0.2, 0.25) is 0 Å². The maximum atomic E-state index is 13.5. The molecule has 3 aromatic carbocycles. The van der Waals surface area contributed by atoms with E-state index >= 15 is 0 Å². The number of rotatable bonds is 9. The summed E-state index contributed by atoms with van der Waals surface area (Å²) in [6.07, 6.45) is 0. The number of ether oxygens (including phenoxy) is 2. The number of methoxy groups -OCH3 is 1. The molecule has 0 spiro atoms. The van der Waals surface area contributed by atoms with Crippen molar-refractivity contribution in [3.63, 3.8) is 0 Å². The molecule has 0 heterocycles. The number of carbonyl (C=O) groups is 2. The molecule has 184 valence electrons. The first-order valence-corrected chi connectivity index (χ1v) is 12.4. The van der Waals surface area contributed by atoms with Crippen LogP contribution in [0.25, 0.3) is 0 Å². The molecule has 0 bridgehead atoms. The number of hydrogen-bond acceptors (Lipinski definition) is 6. The largest absolute Gasteiger partial charge is 0.497 e. The first-order valence-electron chi connectivity index (χ1n) is 11.0. The summed E-state index contributed by atoms with van der Waals surface area (Å²) in [5.41, 5.74) is 2.69. The molecule has 9 heteroatoms. The summed E-state index contributed by atoms with van der Waals surface area (Å²) in [6, 6.07) is 17.6. The zero-order valence-corrected chi connectivity index (χ0v) is 20.9. The third-order valence-corrected chi connectivity index (χ3v) is 7.07. The van der Waals surface area contributed by atoms with Crippen molar-refractivity contribution in [1.29, 1.82) is 0 Å². The normalized spacial score (nSPS) is 11.0. The van der Waals surface area contributed by atoms with Gasteiger partial charge < -0.3 is 14.8 Å². The molecule has 0 fully saturated rings. The Kier molecular flexibility index (Phi) is 8.14. The average Bonchev–Trinajstić information content (AvgIpc) is 2.84. The van der Waals surface area contributed by atoms with Crippen molar-refractivity contribution in [2.75, 3.05) is 29.9 Å². The Balaban J connectivity index is 1.92. The van der Waals surface area contributed by atoms with Crippen LogP contribution in [0, 0.1) is 13.8 Å². The molecule has 0 saturated carbocycles. The summed E-state index contributed by atoms with van der Waals surface area (Å²) in [4.78, 5) is 25.2. The number of amides is 1. The molecule has 1 amide bonds. The second-order valence-electron chi connectivity index (χ2n) is 7.82. The van der Waals surface area contributed by atoms with E-state index in [1.54, 1.807) is 62.4 Å². The number of benzene rings is 3. The molecule has 3 aromatic rings. The van der Waals surface area contributed by atoms with Crippen molar-refractivity contribution in [2.45, 2.75) is 25.7 Å². The molecule has 0 aliphatic heterocycles. The van der Waals surface area contributed by atoms with Crippen LogP contribution in [0.5, 0.6) is 5.75 Å². The van der Waals surface area contributed by atoms with Gasteiger partial charge in [-0.05, 0) is 74.9 Å². The highest BCUT2D eigenvalue weighted by Gasteiger charge is 2.27. The van der Waals surface area contributed by atoms with Crippen molar-refractivity contribution in [2.24, 2.45) is 0 Å². The van der Waals surface area contributed by atoms with Gasteiger partial charge in [0, 0.05) is 5.69 Å².